The molecular formula is C3H6IP. The van der Waals surface area contributed by atoms with Crippen LogP contribution in [0.15, 0.2) is 0 Å². The Labute approximate surface area is 48.1 Å². The molecule has 0 heterocycles. The van der Waals surface area contributed by atoms with Gasteiger partial charge in [0.15, 0.2) is 0 Å². The second-order valence-electron chi connectivity index (χ2n) is 1.53. The Hall–Kier alpha value is 1.16. The first-order chi connectivity index (χ1) is 2.21. The first-order valence-corrected chi connectivity index (χ1v) is 3.34. The fraction of sp³-hybridized carbons (Fsp3) is 1.00. The van der Waals surface area contributed by atoms with Crippen molar-refractivity contribution >= 4 is 31.8 Å². The van der Waals surface area contributed by atoms with Gasteiger partial charge in [0.1, 0.15) is 0 Å². The zero-order chi connectivity index (χ0) is 3.91. The summed E-state index contributed by atoms with van der Waals surface area (Å²) < 4.78 is 0.637. The summed E-state index contributed by atoms with van der Waals surface area (Å²) in [6.07, 6.45) is 2.80. The van der Waals surface area contributed by atoms with E-state index in [1.807, 2.05) is 0 Å². The summed E-state index contributed by atoms with van der Waals surface area (Å²) in [4.78, 5) is 0. The zero-order valence-corrected chi connectivity index (χ0v) is 6.18. The molecule has 0 bridgehead atoms. The number of halogens is 1. The summed E-state index contributed by atoms with van der Waals surface area (Å²) in [5.74, 6) is 0. The Morgan fingerprint density at radius 1 is 1.60 bits per heavy atom. The molecule has 1 unspecified atom stereocenters. The molecule has 0 saturated heterocycles. The van der Waals surface area contributed by atoms with Crippen molar-refractivity contribution in [1.82, 2.24) is 0 Å². The van der Waals surface area contributed by atoms with Crippen molar-refractivity contribution in [3.63, 3.8) is 0 Å². The van der Waals surface area contributed by atoms with Gasteiger partial charge in [-0.1, -0.05) is 22.6 Å². The van der Waals surface area contributed by atoms with Crippen LogP contribution in [-0.4, -0.2) is 3.16 Å². The Morgan fingerprint density at radius 2 is 1.80 bits per heavy atom. The lowest BCUT2D eigenvalue weighted by Crippen LogP contribution is -1.69. The molecule has 0 N–H and O–H groups in total. The van der Waals surface area contributed by atoms with Gasteiger partial charge in [-0.25, -0.2) is 0 Å². The van der Waals surface area contributed by atoms with Crippen LogP contribution in [0.2, 0.25) is 0 Å². The molecule has 1 atom stereocenters. The molecule has 1 rings (SSSR count). The first-order valence-electron chi connectivity index (χ1n) is 1.68. The van der Waals surface area contributed by atoms with Crippen LogP contribution in [0.4, 0.5) is 0 Å². The van der Waals surface area contributed by atoms with E-state index in [9.17, 15) is 0 Å². The first kappa shape index (κ1) is 4.32. The molecule has 1 saturated carbocycles. The molecule has 0 amide bonds. The molecule has 0 aromatic heterocycles. The maximum absolute atomic E-state index is 2.81. The van der Waals surface area contributed by atoms with Crippen molar-refractivity contribution in [1.29, 1.82) is 0 Å². The minimum absolute atomic E-state index is 0.637. The zero-order valence-electron chi connectivity index (χ0n) is 2.87. The molecule has 5 heavy (non-hydrogen) atoms. The highest BCUT2D eigenvalue weighted by Crippen LogP contribution is 2.50. The van der Waals surface area contributed by atoms with Gasteiger partial charge < -0.3 is 0 Å². The van der Waals surface area contributed by atoms with E-state index in [1.54, 1.807) is 0 Å². The van der Waals surface area contributed by atoms with Gasteiger partial charge in [0.2, 0.25) is 0 Å². The Balaban J connectivity index is 2.38. The number of rotatable bonds is 0. The van der Waals surface area contributed by atoms with Crippen molar-refractivity contribution < 1.29 is 0 Å². The van der Waals surface area contributed by atoms with Gasteiger partial charge in [0.25, 0.3) is 0 Å². The average molecular weight is 200 g/mol. The van der Waals surface area contributed by atoms with E-state index in [1.165, 1.54) is 12.8 Å². The number of alkyl halides is 1. The summed E-state index contributed by atoms with van der Waals surface area (Å²) in [7, 11) is 2.81. The van der Waals surface area contributed by atoms with Gasteiger partial charge in [0.05, 0.1) is 0 Å². The predicted molar refractivity (Wildman–Crippen MR) is 35.7 cm³/mol. The van der Waals surface area contributed by atoms with E-state index in [-0.39, 0.29) is 0 Å². The standard InChI is InChI=1S/C3H6IP/c4-3(5)1-2-3/h1-2,5H2. The van der Waals surface area contributed by atoms with Gasteiger partial charge in [-0.15, -0.1) is 9.24 Å². The molecule has 0 aromatic rings. The van der Waals surface area contributed by atoms with E-state index >= 15 is 0 Å². The predicted octanol–water partition coefficient (Wildman–Crippen LogP) is 1.79. The average Bonchev–Trinajstić information content (AvgIpc) is 1.76. The van der Waals surface area contributed by atoms with E-state index in [0.717, 1.165) is 0 Å². The quantitative estimate of drug-likeness (QED) is 0.317. The topological polar surface area (TPSA) is 0 Å². The maximum Gasteiger partial charge on any atom is 0.0364 e. The fourth-order valence-corrected chi connectivity index (χ4v) is 0.533. The Bertz CT molecular complexity index is 44.9. The van der Waals surface area contributed by atoms with Crippen molar-refractivity contribution in [3.8, 4) is 0 Å². The maximum atomic E-state index is 2.81. The van der Waals surface area contributed by atoms with E-state index in [0.29, 0.717) is 3.16 Å². The van der Waals surface area contributed by atoms with Crippen LogP contribution in [0.25, 0.3) is 0 Å². The van der Waals surface area contributed by atoms with Crippen molar-refractivity contribution in [3.05, 3.63) is 0 Å². The van der Waals surface area contributed by atoms with Gasteiger partial charge in [-0.2, -0.15) is 0 Å². The summed E-state index contributed by atoms with van der Waals surface area (Å²) in [6.45, 7) is 0. The van der Waals surface area contributed by atoms with Crippen LogP contribution in [-0.2, 0) is 0 Å². The molecule has 1 fully saturated rings. The summed E-state index contributed by atoms with van der Waals surface area (Å²) in [5.41, 5.74) is 0. The molecule has 0 aromatic carbocycles. The highest BCUT2D eigenvalue weighted by Gasteiger charge is 2.33. The van der Waals surface area contributed by atoms with Crippen LogP contribution >= 0.6 is 31.8 Å². The fourth-order valence-electron chi connectivity index (χ4n) is 0.119. The summed E-state index contributed by atoms with van der Waals surface area (Å²) >= 11 is 2.45. The molecular weight excluding hydrogens is 194 g/mol. The summed E-state index contributed by atoms with van der Waals surface area (Å²) in [5, 5.41) is 0. The van der Waals surface area contributed by atoms with Gasteiger partial charge >= 0.3 is 0 Å². The molecule has 1 aliphatic carbocycles. The second-order valence-corrected chi connectivity index (χ2v) is 5.96. The van der Waals surface area contributed by atoms with Crippen molar-refractivity contribution in [2.45, 2.75) is 16.0 Å². The van der Waals surface area contributed by atoms with Crippen LogP contribution in [0.5, 0.6) is 0 Å². The molecule has 0 aliphatic heterocycles. The lowest BCUT2D eigenvalue weighted by Gasteiger charge is -1.83. The van der Waals surface area contributed by atoms with E-state index in [2.05, 4.69) is 31.8 Å². The molecule has 0 radical (unpaired) electrons. The largest absolute Gasteiger partial charge is 0.121 e. The number of hydrogen-bond donors (Lipinski definition) is 0. The normalized spacial score (nSPS) is 30.0. The van der Waals surface area contributed by atoms with E-state index < -0.39 is 0 Å². The highest BCUT2D eigenvalue weighted by molar-refractivity contribution is 14.1. The highest BCUT2D eigenvalue weighted by atomic mass is 127. The molecule has 2 heteroatoms. The third-order valence-corrected chi connectivity index (χ3v) is 2.38. The van der Waals surface area contributed by atoms with Crippen LogP contribution in [0, 0.1) is 0 Å². The second kappa shape index (κ2) is 1.06. The smallest absolute Gasteiger partial charge is 0.0364 e. The van der Waals surface area contributed by atoms with Gasteiger partial charge in [-0.3, -0.25) is 0 Å². The summed E-state index contributed by atoms with van der Waals surface area (Å²) in [6, 6.07) is 0. The Kier molecular flexibility index (Phi) is 0.920. The third kappa shape index (κ3) is 1.36. The molecule has 1 aliphatic rings. The lowest BCUT2D eigenvalue weighted by molar-refractivity contribution is 1.48. The minimum atomic E-state index is 0.637. The van der Waals surface area contributed by atoms with Crippen LogP contribution < -0.4 is 0 Å². The molecule has 0 spiro atoms. The lowest BCUT2D eigenvalue weighted by atomic mass is 11.0. The third-order valence-electron chi connectivity index (χ3n) is 0.728. The van der Waals surface area contributed by atoms with Crippen LogP contribution in [0.3, 0.4) is 0 Å². The van der Waals surface area contributed by atoms with Gasteiger partial charge in [-0.05, 0) is 12.8 Å². The number of hydrogen-bond acceptors (Lipinski definition) is 0. The van der Waals surface area contributed by atoms with E-state index in [4.69, 9.17) is 0 Å². The molecule has 30 valence electrons. The minimum Gasteiger partial charge on any atom is -0.121 e. The molecule has 0 nitrogen and oxygen atoms in total. The van der Waals surface area contributed by atoms with Gasteiger partial charge in [0, 0.05) is 3.16 Å². The van der Waals surface area contributed by atoms with Crippen molar-refractivity contribution in [2.75, 3.05) is 0 Å². The SMILES string of the molecule is PC1(I)CC1. The van der Waals surface area contributed by atoms with Crippen LogP contribution in [0.1, 0.15) is 12.8 Å². The van der Waals surface area contributed by atoms with Crippen molar-refractivity contribution in [2.24, 2.45) is 0 Å². The Morgan fingerprint density at radius 3 is 1.80 bits per heavy atom. The monoisotopic (exact) mass is 200 g/mol.